The average molecular weight is 314 g/mol. The van der Waals surface area contributed by atoms with Crippen LogP contribution in [0.4, 0.5) is 15.8 Å². The lowest BCUT2D eigenvalue weighted by Crippen LogP contribution is -2.14. The van der Waals surface area contributed by atoms with Crippen LogP contribution in [0.3, 0.4) is 0 Å². The van der Waals surface area contributed by atoms with Crippen LogP contribution in [0.1, 0.15) is 5.69 Å². The number of anilines is 1. The lowest BCUT2D eigenvalue weighted by Gasteiger charge is -2.07. The second-order valence-corrected chi connectivity index (χ2v) is 5.90. The molecule has 0 aliphatic heterocycles. The van der Waals surface area contributed by atoms with Gasteiger partial charge in [-0.25, -0.2) is 8.42 Å². The summed E-state index contributed by atoms with van der Waals surface area (Å²) in [5.74, 6) is -1.04. The van der Waals surface area contributed by atoms with Crippen LogP contribution in [-0.4, -0.2) is 23.1 Å². The summed E-state index contributed by atoms with van der Waals surface area (Å²) < 4.78 is 41.1. The number of benzene rings is 1. The molecule has 0 amide bonds. The van der Waals surface area contributed by atoms with Crippen molar-refractivity contribution in [1.29, 1.82) is 0 Å². The van der Waals surface area contributed by atoms with Crippen LogP contribution in [0.25, 0.3) is 0 Å². The summed E-state index contributed by atoms with van der Waals surface area (Å²) in [6.07, 6.45) is 1.16. The smallest absolute Gasteiger partial charge is 0.279 e. The lowest BCUT2D eigenvalue weighted by molar-refractivity contribution is -0.387. The molecule has 0 radical (unpaired) electrons. The molecule has 21 heavy (non-hydrogen) atoms. The Morgan fingerprint density at radius 2 is 2.10 bits per heavy atom. The van der Waals surface area contributed by atoms with Crippen molar-refractivity contribution in [3.05, 3.63) is 46.0 Å². The first-order valence-corrected chi connectivity index (χ1v) is 7.16. The first-order valence-electron chi connectivity index (χ1n) is 5.68. The Morgan fingerprint density at radius 1 is 1.43 bits per heavy atom. The second kappa shape index (κ2) is 5.13. The summed E-state index contributed by atoms with van der Waals surface area (Å²) in [6, 6.07) is 2.75. The van der Waals surface area contributed by atoms with Crippen LogP contribution in [0.2, 0.25) is 0 Å². The van der Waals surface area contributed by atoms with E-state index in [1.807, 2.05) is 0 Å². The van der Waals surface area contributed by atoms with Gasteiger partial charge in [-0.3, -0.25) is 19.5 Å². The zero-order valence-electron chi connectivity index (χ0n) is 11.1. The Hall–Kier alpha value is -2.49. The van der Waals surface area contributed by atoms with Gasteiger partial charge in [-0.15, -0.1) is 0 Å². The second-order valence-electron chi connectivity index (χ2n) is 4.25. The Morgan fingerprint density at radius 3 is 2.62 bits per heavy atom. The normalized spacial score (nSPS) is 11.4. The van der Waals surface area contributed by atoms with E-state index >= 15 is 0 Å². The number of nitro groups is 1. The molecule has 0 aliphatic carbocycles. The van der Waals surface area contributed by atoms with Crippen LogP contribution < -0.4 is 4.72 Å². The molecule has 0 atom stereocenters. The van der Waals surface area contributed by atoms with Crippen LogP contribution in [0.15, 0.2) is 29.3 Å². The molecule has 0 bridgehead atoms. The fraction of sp³-hybridized carbons (Fsp3) is 0.182. The van der Waals surface area contributed by atoms with Crippen molar-refractivity contribution < 1.29 is 17.7 Å². The predicted molar refractivity (Wildman–Crippen MR) is 71.8 cm³/mol. The van der Waals surface area contributed by atoms with Gasteiger partial charge in [0.15, 0.2) is 0 Å². The van der Waals surface area contributed by atoms with Gasteiger partial charge in [0.1, 0.15) is 4.90 Å². The maximum atomic E-state index is 13.2. The van der Waals surface area contributed by atoms with Gasteiger partial charge in [0.25, 0.3) is 10.0 Å². The van der Waals surface area contributed by atoms with Crippen molar-refractivity contribution in [1.82, 2.24) is 9.78 Å². The molecule has 2 aromatic rings. The molecule has 0 spiro atoms. The van der Waals surface area contributed by atoms with Crippen molar-refractivity contribution in [2.75, 3.05) is 4.72 Å². The van der Waals surface area contributed by atoms with E-state index in [9.17, 15) is 22.9 Å². The molecule has 0 saturated carbocycles. The van der Waals surface area contributed by atoms with E-state index in [-0.39, 0.29) is 10.6 Å². The molecule has 1 aromatic carbocycles. The number of nitro benzene ring substituents is 1. The van der Waals surface area contributed by atoms with Crippen LogP contribution in [0.5, 0.6) is 0 Å². The van der Waals surface area contributed by atoms with Gasteiger partial charge in [0, 0.05) is 13.1 Å². The number of sulfonamides is 1. The van der Waals surface area contributed by atoms with Crippen molar-refractivity contribution in [3.8, 4) is 0 Å². The van der Waals surface area contributed by atoms with E-state index in [2.05, 4.69) is 9.82 Å². The standard InChI is InChI=1S/C11H11FN4O4S/c1-7-11(6-13-15(7)2)21(19,20)14-8-3-4-9(12)10(5-8)16(17)18/h3-6,14H,1-2H3. The van der Waals surface area contributed by atoms with E-state index in [1.165, 1.54) is 4.68 Å². The van der Waals surface area contributed by atoms with E-state index in [4.69, 9.17) is 0 Å². The van der Waals surface area contributed by atoms with Crippen LogP contribution in [0, 0.1) is 22.9 Å². The van der Waals surface area contributed by atoms with Crippen molar-refractivity contribution in [2.24, 2.45) is 7.05 Å². The largest absolute Gasteiger partial charge is 0.306 e. The first-order chi connectivity index (χ1) is 9.72. The van der Waals surface area contributed by atoms with Crippen molar-refractivity contribution in [3.63, 3.8) is 0 Å². The summed E-state index contributed by atoms with van der Waals surface area (Å²) >= 11 is 0. The highest BCUT2D eigenvalue weighted by molar-refractivity contribution is 7.92. The Kier molecular flexibility index (Phi) is 3.64. The maximum absolute atomic E-state index is 13.2. The zero-order valence-corrected chi connectivity index (χ0v) is 11.9. The summed E-state index contributed by atoms with van der Waals surface area (Å²) in [5, 5.41) is 14.5. The highest BCUT2D eigenvalue weighted by Gasteiger charge is 2.22. The first kappa shape index (κ1) is 14.9. The van der Waals surface area contributed by atoms with Gasteiger partial charge < -0.3 is 0 Å². The van der Waals surface area contributed by atoms with E-state index in [0.29, 0.717) is 5.69 Å². The molecule has 112 valence electrons. The number of nitrogens with one attached hydrogen (secondary N) is 1. The number of nitrogens with zero attached hydrogens (tertiary/aromatic N) is 3. The van der Waals surface area contributed by atoms with E-state index < -0.39 is 26.5 Å². The van der Waals surface area contributed by atoms with Crippen molar-refractivity contribution >= 4 is 21.4 Å². The lowest BCUT2D eigenvalue weighted by atomic mass is 10.3. The fourth-order valence-corrected chi connectivity index (χ4v) is 2.92. The van der Waals surface area contributed by atoms with Gasteiger partial charge in [-0.2, -0.15) is 9.49 Å². The third-order valence-corrected chi connectivity index (χ3v) is 4.36. The fourth-order valence-electron chi connectivity index (χ4n) is 1.67. The molecule has 1 heterocycles. The molecular weight excluding hydrogens is 303 g/mol. The molecule has 1 N–H and O–H groups in total. The minimum Gasteiger partial charge on any atom is -0.279 e. The Bertz CT molecular complexity index is 816. The molecule has 8 nitrogen and oxygen atoms in total. The van der Waals surface area contributed by atoms with Gasteiger partial charge >= 0.3 is 5.69 Å². The van der Waals surface area contributed by atoms with Gasteiger partial charge in [0.2, 0.25) is 5.82 Å². The number of halogens is 1. The van der Waals surface area contributed by atoms with Crippen molar-refractivity contribution in [2.45, 2.75) is 11.8 Å². The third kappa shape index (κ3) is 2.84. The summed E-state index contributed by atoms with van der Waals surface area (Å²) in [5.41, 5.74) is -0.511. The molecule has 0 fully saturated rings. The molecule has 0 aliphatic rings. The average Bonchev–Trinajstić information content (AvgIpc) is 2.72. The van der Waals surface area contributed by atoms with Gasteiger partial charge in [-0.1, -0.05) is 0 Å². The molecule has 1 aromatic heterocycles. The SMILES string of the molecule is Cc1c(S(=O)(=O)Nc2ccc(F)c([N+](=O)[O-])c2)cnn1C. The summed E-state index contributed by atoms with van der Waals surface area (Å²) in [4.78, 5) is 9.66. The molecule has 2 rings (SSSR count). The monoisotopic (exact) mass is 314 g/mol. The predicted octanol–water partition coefficient (Wildman–Crippen LogP) is 1.58. The quantitative estimate of drug-likeness (QED) is 0.681. The molecule has 0 saturated heterocycles. The Labute approximate surface area is 119 Å². The van der Waals surface area contributed by atoms with Gasteiger partial charge in [-0.05, 0) is 19.1 Å². The molecule has 0 unspecified atom stereocenters. The Balaban J connectivity index is 2.40. The van der Waals surface area contributed by atoms with E-state index in [0.717, 1.165) is 24.4 Å². The third-order valence-electron chi connectivity index (χ3n) is 2.87. The van der Waals surface area contributed by atoms with Crippen LogP contribution in [-0.2, 0) is 17.1 Å². The number of aryl methyl sites for hydroxylation is 1. The number of hydrogen-bond acceptors (Lipinski definition) is 5. The summed E-state index contributed by atoms with van der Waals surface area (Å²) in [6.45, 7) is 1.56. The number of hydrogen-bond donors (Lipinski definition) is 1. The highest BCUT2D eigenvalue weighted by Crippen LogP contribution is 2.24. The van der Waals surface area contributed by atoms with Crippen LogP contribution >= 0.6 is 0 Å². The van der Waals surface area contributed by atoms with Gasteiger partial charge in [0.05, 0.1) is 22.5 Å². The number of rotatable bonds is 4. The minimum absolute atomic E-state index is 0.0584. The maximum Gasteiger partial charge on any atom is 0.306 e. The molecule has 10 heteroatoms. The molecular formula is C11H11FN4O4S. The van der Waals surface area contributed by atoms with E-state index in [1.54, 1.807) is 14.0 Å². The highest BCUT2D eigenvalue weighted by atomic mass is 32.2. The number of aromatic nitrogens is 2. The zero-order chi connectivity index (χ0) is 15.8. The minimum atomic E-state index is -3.96. The topological polar surface area (TPSA) is 107 Å². The summed E-state index contributed by atoms with van der Waals surface area (Å²) in [7, 11) is -2.38.